The summed E-state index contributed by atoms with van der Waals surface area (Å²) in [7, 11) is 1.61. The van der Waals surface area contributed by atoms with E-state index in [2.05, 4.69) is 0 Å². The predicted octanol–water partition coefficient (Wildman–Crippen LogP) is 3.83. The van der Waals surface area contributed by atoms with Gasteiger partial charge in [0.25, 0.3) is 11.8 Å². The van der Waals surface area contributed by atoms with Gasteiger partial charge in [-0.25, -0.2) is 0 Å². The first-order valence-corrected chi connectivity index (χ1v) is 10.1. The molecule has 7 heteroatoms. The molecule has 1 saturated heterocycles. The number of benzene rings is 2. The molecule has 0 bridgehead atoms. The van der Waals surface area contributed by atoms with Crippen LogP contribution >= 0.6 is 24.0 Å². The van der Waals surface area contributed by atoms with Crippen molar-refractivity contribution in [1.29, 1.82) is 0 Å². The van der Waals surface area contributed by atoms with E-state index in [9.17, 15) is 9.59 Å². The van der Waals surface area contributed by atoms with Crippen LogP contribution in [0.1, 0.15) is 18.1 Å². The highest BCUT2D eigenvalue weighted by Gasteiger charge is 2.41. The van der Waals surface area contributed by atoms with Gasteiger partial charge in [-0.1, -0.05) is 54.3 Å². The molecular weight excluding hydrogens is 392 g/mol. The lowest BCUT2D eigenvalue weighted by Gasteiger charge is -2.15. The number of para-hydroxylation sites is 1. The molecule has 0 spiro atoms. The second-order valence-electron chi connectivity index (χ2n) is 6.38. The summed E-state index contributed by atoms with van der Waals surface area (Å²) >= 11 is 6.66. The van der Waals surface area contributed by atoms with E-state index in [1.807, 2.05) is 55.5 Å². The van der Waals surface area contributed by atoms with Gasteiger partial charge >= 0.3 is 0 Å². The quantitative estimate of drug-likeness (QED) is 0.566. The van der Waals surface area contributed by atoms with Gasteiger partial charge in [-0.15, -0.1) is 0 Å². The van der Waals surface area contributed by atoms with Crippen molar-refractivity contribution in [2.24, 2.45) is 0 Å². The molecule has 0 N–H and O–H groups in total. The van der Waals surface area contributed by atoms with Crippen molar-refractivity contribution in [2.75, 3.05) is 18.6 Å². The highest BCUT2D eigenvalue weighted by atomic mass is 32.2. The Morgan fingerprint density at radius 1 is 1.00 bits per heavy atom. The summed E-state index contributed by atoms with van der Waals surface area (Å²) in [6.07, 6.45) is 0. The molecular formula is C21H18N2O3S2. The van der Waals surface area contributed by atoms with Gasteiger partial charge in [0.1, 0.15) is 10.1 Å². The van der Waals surface area contributed by atoms with Gasteiger partial charge in [-0.2, -0.15) is 0 Å². The SMILES string of the molecule is CCN1C(=O)/C(=C2/SC(=S)N(Cc3ccc(OC)cc3)C2=O)c2ccccc21. The summed E-state index contributed by atoms with van der Waals surface area (Å²) in [5.74, 6) is 0.389. The molecule has 0 radical (unpaired) electrons. The average molecular weight is 411 g/mol. The van der Waals surface area contributed by atoms with E-state index in [0.717, 1.165) is 22.6 Å². The number of carbonyl (C=O) groups is 2. The van der Waals surface area contributed by atoms with E-state index in [1.165, 1.54) is 11.8 Å². The Labute approximate surface area is 173 Å². The minimum absolute atomic E-state index is 0.145. The summed E-state index contributed by atoms with van der Waals surface area (Å²) in [6, 6.07) is 15.1. The van der Waals surface area contributed by atoms with Crippen LogP contribution in [0.15, 0.2) is 53.4 Å². The van der Waals surface area contributed by atoms with E-state index in [4.69, 9.17) is 17.0 Å². The smallest absolute Gasteiger partial charge is 0.267 e. The lowest BCUT2D eigenvalue weighted by Crippen LogP contribution is -2.29. The monoisotopic (exact) mass is 410 g/mol. The molecule has 0 saturated carbocycles. The molecule has 4 rings (SSSR count). The van der Waals surface area contributed by atoms with Crippen LogP contribution in [-0.4, -0.2) is 34.7 Å². The molecule has 5 nitrogen and oxygen atoms in total. The van der Waals surface area contributed by atoms with Crippen LogP contribution in [0.2, 0.25) is 0 Å². The zero-order valence-electron chi connectivity index (χ0n) is 15.5. The fourth-order valence-corrected chi connectivity index (χ4v) is 4.74. The zero-order chi connectivity index (χ0) is 19.8. The molecule has 1 fully saturated rings. The fraction of sp³-hybridized carbons (Fsp3) is 0.190. The molecule has 2 aromatic carbocycles. The van der Waals surface area contributed by atoms with Crippen LogP contribution in [0, 0.1) is 0 Å². The van der Waals surface area contributed by atoms with Crippen molar-refractivity contribution in [1.82, 2.24) is 4.90 Å². The third-order valence-corrected chi connectivity index (χ3v) is 6.26. The van der Waals surface area contributed by atoms with Gasteiger partial charge in [0.2, 0.25) is 0 Å². The van der Waals surface area contributed by atoms with Gasteiger partial charge in [0.15, 0.2) is 0 Å². The first-order chi connectivity index (χ1) is 13.5. The van der Waals surface area contributed by atoms with E-state index in [0.29, 0.717) is 27.9 Å². The number of carbonyl (C=O) groups excluding carboxylic acids is 2. The van der Waals surface area contributed by atoms with E-state index in [1.54, 1.807) is 16.9 Å². The number of thiocarbonyl (C=S) groups is 1. The summed E-state index contributed by atoms with van der Waals surface area (Å²) in [6.45, 7) is 2.83. The number of thioether (sulfide) groups is 1. The van der Waals surface area contributed by atoms with Gasteiger partial charge in [-0.3, -0.25) is 14.5 Å². The summed E-state index contributed by atoms with van der Waals surface area (Å²) in [4.78, 5) is 29.8. The molecule has 2 aliphatic rings. The van der Waals surface area contributed by atoms with Crippen LogP contribution in [0.5, 0.6) is 5.75 Å². The Morgan fingerprint density at radius 3 is 2.39 bits per heavy atom. The minimum Gasteiger partial charge on any atom is -0.497 e. The molecule has 0 unspecified atom stereocenters. The lowest BCUT2D eigenvalue weighted by molar-refractivity contribution is -0.122. The molecule has 2 amide bonds. The molecule has 28 heavy (non-hydrogen) atoms. The highest BCUT2D eigenvalue weighted by Crippen LogP contribution is 2.44. The Balaban J connectivity index is 1.69. The van der Waals surface area contributed by atoms with Crippen molar-refractivity contribution in [3.8, 4) is 5.75 Å². The maximum absolute atomic E-state index is 13.1. The number of methoxy groups -OCH3 is 1. The maximum atomic E-state index is 13.1. The van der Waals surface area contributed by atoms with E-state index >= 15 is 0 Å². The van der Waals surface area contributed by atoms with Crippen molar-refractivity contribution >= 4 is 51.4 Å². The Hall–Kier alpha value is -2.64. The van der Waals surface area contributed by atoms with Gasteiger partial charge < -0.3 is 9.64 Å². The molecule has 142 valence electrons. The van der Waals surface area contributed by atoms with Crippen molar-refractivity contribution in [3.63, 3.8) is 0 Å². The maximum Gasteiger partial charge on any atom is 0.267 e. The molecule has 2 aromatic rings. The Bertz CT molecular complexity index is 1010. The Kier molecular flexibility index (Phi) is 4.95. The Morgan fingerprint density at radius 2 is 1.71 bits per heavy atom. The van der Waals surface area contributed by atoms with E-state index < -0.39 is 0 Å². The van der Waals surface area contributed by atoms with Crippen LogP contribution in [-0.2, 0) is 16.1 Å². The van der Waals surface area contributed by atoms with Crippen LogP contribution < -0.4 is 9.64 Å². The number of likely N-dealkylation sites (N-methyl/N-ethyl adjacent to an activating group) is 1. The van der Waals surface area contributed by atoms with Crippen molar-refractivity contribution < 1.29 is 14.3 Å². The standard InChI is InChI=1S/C21H18N2O3S2/c1-3-22-16-7-5-4-6-15(16)17(19(22)24)18-20(25)23(21(27)28-18)12-13-8-10-14(26-2)11-9-13/h4-11H,3,12H2,1-2H3/b18-17+. The summed E-state index contributed by atoms with van der Waals surface area (Å²) in [5.41, 5.74) is 3.02. The molecule has 2 aliphatic heterocycles. The second kappa shape index (κ2) is 7.41. The fourth-order valence-electron chi connectivity index (χ4n) is 3.41. The average Bonchev–Trinajstić information content (AvgIpc) is 3.15. The van der Waals surface area contributed by atoms with Crippen molar-refractivity contribution in [2.45, 2.75) is 13.5 Å². The number of fused-ring (bicyclic) bond motifs is 1. The van der Waals surface area contributed by atoms with E-state index in [-0.39, 0.29) is 11.8 Å². The third kappa shape index (κ3) is 3.00. The van der Waals surface area contributed by atoms with Gasteiger partial charge in [0.05, 0.1) is 29.8 Å². The molecule has 0 aromatic heterocycles. The largest absolute Gasteiger partial charge is 0.497 e. The minimum atomic E-state index is -0.220. The number of rotatable bonds is 4. The summed E-state index contributed by atoms with van der Waals surface area (Å²) in [5, 5.41) is 0. The van der Waals surface area contributed by atoms with Crippen molar-refractivity contribution in [3.05, 3.63) is 64.6 Å². The number of ether oxygens (including phenoxy) is 1. The first kappa shape index (κ1) is 18.7. The number of amides is 2. The van der Waals surface area contributed by atoms with Gasteiger partial charge in [-0.05, 0) is 30.7 Å². The molecule has 0 aliphatic carbocycles. The third-order valence-electron chi connectivity index (χ3n) is 4.82. The summed E-state index contributed by atoms with van der Waals surface area (Å²) < 4.78 is 5.63. The first-order valence-electron chi connectivity index (χ1n) is 8.87. The molecule has 0 atom stereocenters. The number of hydrogen-bond acceptors (Lipinski definition) is 5. The van der Waals surface area contributed by atoms with Gasteiger partial charge in [0, 0.05) is 12.1 Å². The van der Waals surface area contributed by atoms with Crippen LogP contribution in [0.25, 0.3) is 5.57 Å². The number of anilines is 1. The second-order valence-corrected chi connectivity index (χ2v) is 8.02. The molecule has 2 heterocycles. The van der Waals surface area contributed by atoms with Crippen LogP contribution in [0.4, 0.5) is 5.69 Å². The lowest BCUT2D eigenvalue weighted by atomic mass is 10.1. The normalized spacial score (nSPS) is 18.9. The predicted molar refractivity (Wildman–Crippen MR) is 115 cm³/mol. The van der Waals surface area contributed by atoms with Crippen LogP contribution in [0.3, 0.4) is 0 Å². The number of hydrogen-bond donors (Lipinski definition) is 0. The zero-order valence-corrected chi connectivity index (χ0v) is 17.1. The number of nitrogens with zero attached hydrogens (tertiary/aromatic N) is 2. The highest BCUT2D eigenvalue weighted by molar-refractivity contribution is 8.26. The topological polar surface area (TPSA) is 49.9 Å².